The maximum atomic E-state index is 3.58. The summed E-state index contributed by atoms with van der Waals surface area (Å²) in [4.78, 5) is 1.37. The van der Waals surface area contributed by atoms with Crippen LogP contribution in [0.25, 0.3) is 10.1 Å². The number of thiophene rings is 1. The van der Waals surface area contributed by atoms with Crippen LogP contribution in [0.4, 0.5) is 5.69 Å². The number of halogens is 1. The molecule has 0 radical (unpaired) electrons. The molecular weight excluding hydrogens is 330 g/mol. The van der Waals surface area contributed by atoms with Crippen LogP contribution in [0.1, 0.15) is 23.4 Å². The van der Waals surface area contributed by atoms with E-state index in [1.54, 1.807) is 0 Å². The molecule has 1 N–H and O–H groups in total. The Bertz CT molecular complexity index is 715. The second kappa shape index (κ2) is 5.58. The fourth-order valence-electron chi connectivity index (χ4n) is 2.27. The van der Waals surface area contributed by atoms with E-state index >= 15 is 0 Å². The van der Waals surface area contributed by atoms with Crippen molar-refractivity contribution in [1.29, 1.82) is 0 Å². The Labute approximate surface area is 131 Å². The van der Waals surface area contributed by atoms with Gasteiger partial charge in [-0.3, -0.25) is 0 Å². The molecule has 0 aliphatic carbocycles. The fourth-order valence-corrected chi connectivity index (χ4v) is 3.58. The van der Waals surface area contributed by atoms with Gasteiger partial charge in [0.2, 0.25) is 0 Å². The molecule has 20 heavy (non-hydrogen) atoms. The number of aryl methyl sites for hydroxylation is 1. The number of benzene rings is 2. The van der Waals surface area contributed by atoms with Crippen LogP contribution in [0.15, 0.2) is 53.0 Å². The van der Waals surface area contributed by atoms with Crippen LogP contribution in [0.3, 0.4) is 0 Å². The van der Waals surface area contributed by atoms with E-state index in [-0.39, 0.29) is 0 Å². The predicted octanol–water partition coefficient (Wildman–Crippen LogP) is 6.15. The molecule has 0 aliphatic heterocycles. The lowest BCUT2D eigenvalue weighted by Gasteiger charge is -2.14. The lowest BCUT2D eigenvalue weighted by Crippen LogP contribution is -2.04. The number of rotatable bonds is 3. The van der Waals surface area contributed by atoms with E-state index in [1.165, 1.54) is 20.5 Å². The van der Waals surface area contributed by atoms with E-state index in [0.717, 1.165) is 10.2 Å². The molecule has 1 atom stereocenters. The third-order valence-corrected chi connectivity index (χ3v) is 5.60. The van der Waals surface area contributed by atoms with E-state index in [1.807, 2.05) is 11.3 Å². The molecule has 1 aromatic heterocycles. The second-order valence-corrected chi connectivity index (χ2v) is 6.99. The molecule has 0 bridgehead atoms. The third-order valence-electron chi connectivity index (χ3n) is 3.41. The average Bonchev–Trinajstić information content (AvgIpc) is 2.87. The van der Waals surface area contributed by atoms with Gasteiger partial charge in [0.1, 0.15) is 0 Å². The van der Waals surface area contributed by atoms with Crippen LogP contribution in [-0.4, -0.2) is 0 Å². The molecule has 0 saturated carbocycles. The quantitative estimate of drug-likeness (QED) is 0.600. The summed E-state index contributed by atoms with van der Waals surface area (Å²) < 4.78 is 2.50. The smallest absolute Gasteiger partial charge is 0.0578 e. The maximum Gasteiger partial charge on any atom is 0.0578 e. The zero-order valence-corrected chi connectivity index (χ0v) is 13.9. The van der Waals surface area contributed by atoms with Gasteiger partial charge in [-0.2, -0.15) is 0 Å². The SMILES string of the molecule is Cc1cc(NC(C)c2cc3ccccc3s2)ccc1Br. The first-order valence-corrected chi connectivity index (χ1v) is 8.25. The van der Waals surface area contributed by atoms with Crippen LogP contribution in [0.2, 0.25) is 0 Å². The van der Waals surface area contributed by atoms with Gasteiger partial charge >= 0.3 is 0 Å². The first kappa shape index (κ1) is 13.7. The first-order chi connectivity index (χ1) is 9.63. The van der Waals surface area contributed by atoms with Gasteiger partial charge in [-0.1, -0.05) is 34.1 Å². The van der Waals surface area contributed by atoms with Crippen molar-refractivity contribution in [3.05, 3.63) is 63.4 Å². The van der Waals surface area contributed by atoms with Crippen molar-refractivity contribution in [1.82, 2.24) is 0 Å². The fraction of sp³-hybridized carbons (Fsp3) is 0.176. The minimum absolute atomic E-state index is 0.313. The Morgan fingerprint density at radius 3 is 2.65 bits per heavy atom. The average molecular weight is 346 g/mol. The molecule has 3 aromatic rings. The van der Waals surface area contributed by atoms with Gasteiger partial charge < -0.3 is 5.32 Å². The minimum atomic E-state index is 0.313. The predicted molar refractivity (Wildman–Crippen MR) is 92.7 cm³/mol. The van der Waals surface area contributed by atoms with Crippen LogP contribution < -0.4 is 5.32 Å². The molecule has 102 valence electrons. The van der Waals surface area contributed by atoms with Gasteiger partial charge in [-0.15, -0.1) is 11.3 Å². The Morgan fingerprint density at radius 2 is 1.90 bits per heavy atom. The highest BCUT2D eigenvalue weighted by Gasteiger charge is 2.09. The molecular formula is C17H16BrNS. The highest BCUT2D eigenvalue weighted by molar-refractivity contribution is 9.10. The number of fused-ring (bicyclic) bond motifs is 1. The number of nitrogens with one attached hydrogen (secondary N) is 1. The molecule has 0 amide bonds. The molecule has 3 heteroatoms. The summed E-state index contributed by atoms with van der Waals surface area (Å²) in [5.41, 5.74) is 2.41. The summed E-state index contributed by atoms with van der Waals surface area (Å²) in [6.07, 6.45) is 0. The maximum absolute atomic E-state index is 3.58. The zero-order valence-electron chi connectivity index (χ0n) is 11.5. The largest absolute Gasteiger partial charge is 0.378 e. The van der Waals surface area contributed by atoms with Crippen molar-refractivity contribution in [3.8, 4) is 0 Å². The lowest BCUT2D eigenvalue weighted by molar-refractivity contribution is 0.908. The van der Waals surface area contributed by atoms with Crippen LogP contribution in [0, 0.1) is 6.92 Å². The van der Waals surface area contributed by atoms with Crippen molar-refractivity contribution >= 4 is 43.0 Å². The summed E-state index contributed by atoms with van der Waals surface area (Å²) in [5.74, 6) is 0. The Morgan fingerprint density at radius 1 is 1.10 bits per heavy atom. The van der Waals surface area contributed by atoms with Crippen molar-refractivity contribution in [2.75, 3.05) is 5.32 Å². The molecule has 2 aromatic carbocycles. The molecule has 0 fully saturated rings. The Kier molecular flexibility index (Phi) is 3.81. The molecule has 0 saturated heterocycles. The standard InChI is InChI=1S/C17H16BrNS/c1-11-9-14(7-8-15(11)18)19-12(2)17-10-13-5-3-4-6-16(13)20-17/h3-10,12,19H,1-2H3. The van der Waals surface area contributed by atoms with E-state index in [2.05, 4.69) is 83.6 Å². The molecule has 3 rings (SSSR count). The van der Waals surface area contributed by atoms with Gasteiger partial charge in [-0.25, -0.2) is 0 Å². The topological polar surface area (TPSA) is 12.0 Å². The van der Waals surface area contributed by atoms with Crippen molar-refractivity contribution in [2.24, 2.45) is 0 Å². The molecule has 1 heterocycles. The summed E-state index contributed by atoms with van der Waals surface area (Å²) in [6, 6.07) is 17.5. The third kappa shape index (κ3) is 2.74. The lowest BCUT2D eigenvalue weighted by atomic mass is 10.2. The van der Waals surface area contributed by atoms with E-state index in [0.29, 0.717) is 6.04 Å². The second-order valence-electron chi connectivity index (χ2n) is 5.02. The van der Waals surface area contributed by atoms with Crippen molar-refractivity contribution < 1.29 is 0 Å². The van der Waals surface area contributed by atoms with Crippen LogP contribution >= 0.6 is 27.3 Å². The van der Waals surface area contributed by atoms with Gasteiger partial charge in [0.25, 0.3) is 0 Å². The number of hydrogen-bond donors (Lipinski definition) is 1. The van der Waals surface area contributed by atoms with E-state index in [4.69, 9.17) is 0 Å². The van der Waals surface area contributed by atoms with Gasteiger partial charge in [0.15, 0.2) is 0 Å². The molecule has 1 unspecified atom stereocenters. The van der Waals surface area contributed by atoms with Crippen molar-refractivity contribution in [3.63, 3.8) is 0 Å². The van der Waals surface area contributed by atoms with Crippen LogP contribution in [0.5, 0.6) is 0 Å². The van der Waals surface area contributed by atoms with E-state index < -0.39 is 0 Å². The molecule has 0 aliphatic rings. The Balaban J connectivity index is 1.84. The normalized spacial score (nSPS) is 12.6. The van der Waals surface area contributed by atoms with Gasteiger partial charge in [0.05, 0.1) is 6.04 Å². The minimum Gasteiger partial charge on any atom is -0.378 e. The molecule has 0 spiro atoms. The first-order valence-electron chi connectivity index (χ1n) is 6.64. The number of anilines is 1. The Hall–Kier alpha value is -1.32. The van der Waals surface area contributed by atoms with E-state index in [9.17, 15) is 0 Å². The summed E-state index contributed by atoms with van der Waals surface area (Å²) in [7, 11) is 0. The summed E-state index contributed by atoms with van der Waals surface area (Å²) >= 11 is 5.40. The monoisotopic (exact) mass is 345 g/mol. The summed E-state index contributed by atoms with van der Waals surface area (Å²) in [5, 5.41) is 4.90. The van der Waals surface area contributed by atoms with Crippen LogP contribution in [-0.2, 0) is 0 Å². The highest BCUT2D eigenvalue weighted by atomic mass is 79.9. The number of hydrogen-bond acceptors (Lipinski definition) is 2. The van der Waals surface area contributed by atoms with Gasteiger partial charge in [-0.05, 0) is 55.1 Å². The summed E-state index contributed by atoms with van der Waals surface area (Å²) in [6.45, 7) is 4.32. The zero-order chi connectivity index (χ0) is 14.1. The van der Waals surface area contributed by atoms with Gasteiger partial charge in [0, 0.05) is 19.7 Å². The highest BCUT2D eigenvalue weighted by Crippen LogP contribution is 2.32. The molecule has 1 nitrogen and oxygen atoms in total. The van der Waals surface area contributed by atoms with Crippen molar-refractivity contribution in [2.45, 2.75) is 19.9 Å².